The van der Waals surface area contributed by atoms with Gasteiger partial charge in [0.2, 0.25) is 22.2 Å². The quantitative estimate of drug-likeness (QED) is 0.698. The molecule has 1 saturated heterocycles. The minimum atomic E-state index is -3.72. The van der Waals surface area contributed by atoms with Crippen LogP contribution >= 0.6 is 11.3 Å². The number of piperazine rings is 1. The van der Waals surface area contributed by atoms with E-state index in [1.165, 1.54) is 11.2 Å². The topological polar surface area (TPSA) is 114 Å². The highest BCUT2D eigenvalue weighted by Gasteiger charge is 2.31. The third-order valence-electron chi connectivity index (χ3n) is 4.42. The molecule has 2 aromatic rings. The van der Waals surface area contributed by atoms with Crippen LogP contribution in [0.1, 0.15) is 12.5 Å². The summed E-state index contributed by atoms with van der Waals surface area (Å²) in [4.78, 5) is 13.3. The summed E-state index contributed by atoms with van der Waals surface area (Å²) in [5.74, 6) is 1.16. The molecule has 0 spiro atoms. The summed E-state index contributed by atoms with van der Waals surface area (Å²) in [5, 5.41) is 10.1. The first-order valence-corrected chi connectivity index (χ1v) is 10.9. The Morgan fingerprint density at radius 1 is 1.18 bits per heavy atom. The predicted molar refractivity (Wildman–Crippen MR) is 101 cm³/mol. The molecule has 0 radical (unpaired) electrons. The number of anilines is 1. The van der Waals surface area contributed by atoms with E-state index in [2.05, 4.69) is 20.4 Å². The molecule has 0 bridgehead atoms. The van der Waals surface area contributed by atoms with E-state index in [4.69, 9.17) is 9.47 Å². The highest BCUT2D eigenvalue weighted by atomic mass is 32.2. The first-order chi connectivity index (χ1) is 13.4. The van der Waals surface area contributed by atoms with Crippen LogP contribution in [-0.2, 0) is 21.4 Å². The van der Waals surface area contributed by atoms with Crippen LogP contribution in [0.4, 0.5) is 5.13 Å². The molecule has 4 rings (SSSR count). The van der Waals surface area contributed by atoms with Crippen molar-refractivity contribution in [2.45, 2.75) is 17.8 Å². The number of benzene rings is 1. The van der Waals surface area contributed by atoms with Crippen molar-refractivity contribution in [3.05, 3.63) is 23.8 Å². The maximum atomic E-state index is 12.8. The molecule has 3 heterocycles. The fourth-order valence-corrected chi connectivity index (χ4v) is 5.56. The van der Waals surface area contributed by atoms with Gasteiger partial charge in [-0.1, -0.05) is 17.4 Å². The number of amides is 1. The monoisotopic (exact) mass is 425 g/mol. The largest absolute Gasteiger partial charge is 0.454 e. The lowest BCUT2D eigenvalue weighted by atomic mass is 10.2. The summed E-state index contributed by atoms with van der Waals surface area (Å²) in [7, 11) is -3.72. The Balaban J connectivity index is 1.36. The van der Waals surface area contributed by atoms with Crippen molar-refractivity contribution in [3.8, 4) is 11.5 Å². The summed E-state index contributed by atoms with van der Waals surface area (Å²) in [6.07, 6.45) is 0. The van der Waals surface area contributed by atoms with E-state index < -0.39 is 10.0 Å². The Bertz CT molecular complexity index is 985. The van der Waals surface area contributed by atoms with Gasteiger partial charge in [-0.2, -0.15) is 4.31 Å². The highest BCUT2D eigenvalue weighted by molar-refractivity contribution is 7.91. The Labute approximate surface area is 166 Å². The molecular weight excluding hydrogens is 406 g/mol. The molecule has 0 aliphatic carbocycles. The molecule has 0 saturated carbocycles. The van der Waals surface area contributed by atoms with Crippen molar-refractivity contribution in [1.29, 1.82) is 0 Å². The number of carbonyl (C=O) groups is 1. The number of hydrogen-bond acceptors (Lipinski definition) is 9. The molecule has 1 aromatic heterocycles. The Kier molecular flexibility index (Phi) is 5.19. The second kappa shape index (κ2) is 7.62. The van der Waals surface area contributed by atoms with Gasteiger partial charge >= 0.3 is 0 Å². The van der Waals surface area contributed by atoms with Crippen LogP contribution in [0, 0.1) is 0 Å². The number of nitrogens with one attached hydrogen (secondary N) is 1. The molecule has 10 nitrogen and oxygen atoms in total. The van der Waals surface area contributed by atoms with Crippen LogP contribution in [0.25, 0.3) is 0 Å². The van der Waals surface area contributed by atoms with Crippen molar-refractivity contribution in [2.75, 3.05) is 38.3 Å². The van der Waals surface area contributed by atoms with E-state index in [1.54, 1.807) is 0 Å². The normalized spacial score (nSPS) is 17.6. The zero-order chi connectivity index (χ0) is 19.7. The number of ether oxygens (including phenoxy) is 2. The van der Waals surface area contributed by atoms with Crippen LogP contribution < -0.4 is 14.8 Å². The Hall–Kier alpha value is -2.28. The molecule has 150 valence electrons. The van der Waals surface area contributed by atoms with E-state index in [9.17, 15) is 13.2 Å². The van der Waals surface area contributed by atoms with Gasteiger partial charge in [-0.3, -0.25) is 9.69 Å². The van der Waals surface area contributed by atoms with Gasteiger partial charge in [0.05, 0.1) is 0 Å². The van der Waals surface area contributed by atoms with Gasteiger partial charge < -0.3 is 14.8 Å². The highest BCUT2D eigenvalue weighted by Crippen LogP contribution is 2.33. The standard InChI is InChI=1S/C16H19N5O5S2/c1-11(22)17-15-18-19-16(27-15)28(23,24)21-6-4-20(5-7-21)9-12-2-3-13-14(8-12)26-10-25-13/h2-3,8H,4-7,9-10H2,1H3,(H,17,18,22). The minimum absolute atomic E-state index is 0.111. The average Bonchev–Trinajstić information content (AvgIpc) is 3.31. The second-order valence-electron chi connectivity index (χ2n) is 6.42. The molecule has 1 amide bonds. The van der Waals surface area contributed by atoms with Crippen molar-refractivity contribution in [2.24, 2.45) is 0 Å². The van der Waals surface area contributed by atoms with Crippen LogP contribution in [0.3, 0.4) is 0 Å². The van der Waals surface area contributed by atoms with Crippen molar-refractivity contribution in [3.63, 3.8) is 0 Å². The molecule has 28 heavy (non-hydrogen) atoms. The van der Waals surface area contributed by atoms with Crippen LogP contribution in [-0.4, -0.2) is 66.7 Å². The summed E-state index contributed by atoms with van der Waals surface area (Å²) in [6.45, 7) is 4.20. The summed E-state index contributed by atoms with van der Waals surface area (Å²) >= 11 is 0.853. The van der Waals surface area contributed by atoms with E-state index in [0.717, 1.165) is 28.4 Å². The number of fused-ring (bicyclic) bond motifs is 1. The molecule has 2 aliphatic heterocycles. The van der Waals surface area contributed by atoms with Gasteiger partial charge in [0.15, 0.2) is 11.5 Å². The zero-order valence-corrected chi connectivity index (χ0v) is 16.8. The molecule has 1 aromatic carbocycles. The molecule has 2 aliphatic rings. The van der Waals surface area contributed by atoms with Crippen LogP contribution in [0.15, 0.2) is 22.5 Å². The lowest BCUT2D eigenvalue weighted by Crippen LogP contribution is -2.48. The van der Waals surface area contributed by atoms with E-state index in [1.807, 2.05) is 18.2 Å². The SMILES string of the molecule is CC(=O)Nc1nnc(S(=O)(=O)N2CCN(Cc3ccc4c(c3)OCO4)CC2)s1. The average molecular weight is 425 g/mol. The first kappa shape index (κ1) is 19.1. The number of nitrogens with zero attached hydrogens (tertiary/aromatic N) is 4. The summed E-state index contributed by atoms with van der Waals surface area (Å²) in [5.41, 5.74) is 1.09. The molecule has 1 fully saturated rings. The Morgan fingerprint density at radius 3 is 2.68 bits per heavy atom. The van der Waals surface area contributed by atoms with Crippen molar-refractivity contribution >= 4 is 32.4 Å². The summed E-state index contributed by atoms with van der Waals surface area (Å²) < 4.78 is 37.5. The van der Waals surface area contributed by atoms with Crippen molar-refractivity contribution < 1.29 is 22.7 Å². The summed E-state index contributed by atoms with van der Waals surface area (Å²) in [6, 6.07) is 5.83. The fraction of sp³-hybridized carbons (Fsp3) is 0.438. The van der Waals surface area contributed by atoms with E-state index >= 15 is 0 Å². The van der Waals surface area contributed by atoms with Gasteiger partial charge in [0, 0.05) is 39.6 Å². The van der Waals surface area contributed by atoms with Gasteiger partial charge in [-0.05, 0) is 17.7 Å². The van der Waals surface area contributed by atoms with Gasteiger partial charge in [0.1, 0.15) is 0 Å². The number of sulfonamides is 1. The predicted octanol–water partition coefficient (Wildman–Crippen LogP) is 0.732. The lowest BCUT2D eigenvalue weighted by Gasteiger charge is -2.33. The van der Waals surface area contributed by atoms with Gasteiger partial charge in [0.25, 0.3) is 10.0 Å². The molecule has 12 heteroatoms. The fourth-order valence-electron chi connectivity index (χ4n) is 3.05. The number of aromatic nitrogens is 2. The van der Waals surface area contributed by atoms with E-state index in [-0.39, 0.29) is 22.2 Å². The van der Waals surface area contributed by atoms with E-state index in [0.29, 0.717) is 32.7 Å². The Morgan fingerprint density at radius 2 is 1.93 bits per heavy atom. The number of carbonyl (C=O) groups excluding carboxylic acids is 1. The maximum Gasteiger partial charge on any atom is 0.272 e. The van der Waals surface area contributed by atoms with Crippen LogP contribution in [0.2, 0.25) is 0 Å². The smallest absolute Gasteiger partial charge is 0.272 e. The van der Waals surface area contributed by atoms with Gasteiger partial charge in [-0.15, -0.1) is 10.2 Å². The molecule has 0 atom stereocenters. The number of hydrogen-bond donors (Lipinski definition) is 1. The first-order valence-electron chi connectivity index (χ1n) is 8.64. The molecular formula is C16H19N5O5S2. The van der Waals surface area contributed by atoms with Crippen molar-refractivity contribution in [1.82, 2.24) is 19.4 Å². The second-order valence-corrected chi connectivity index (χ2v) is 9.51. The van der Waals surface area contributed by atoms with Crippen LogP contribution in [0.5, 0.6) is 11.5 Å². The van der Waals surface area contributed by atoms with Gasteiger partial charge in [-0.25, -0.2) is 8.42 Å². The molecule has 0 unspecified atom stereocenters. The lowest BCUT2D eigenvalue weighted by molar-refractivity contribution is -0.114. The maximum absolute atomic E-state index is 12.8. The third-order valence-corrected chi connectivity index (χ3v) is 7.51. The minimum Gasteiger partial charge on any atom is -0.454 e. The molecule has 1 N–H and O–H groups in total. The third kappa shape index (κ3) is 3.94. The zero-order valence-electron chi connectivity index (χ0n) is 15.1. The number of rotatable bonds is 5.